The molecule has 0 unspecified atom stereocenters. The van der Waals surface area contributed by atoms with E-state index in [2.05, 4.69) is 20.6 Å². The van der Waals surface area contributed by atoms with Gasteiger partial charge in [-0.05, 0) is 39.7 Å². The molecule has 1 fully saturated rings. The van der Waals surface area contributed by atoms with Crippen LogP contribution in [0.25, 0.3) is 10.9 Å². The largest absolute Gasteiger partial charge is 0.336 e. The van der Waals surface area contributed by atoms with Gasteiger partial charge in [0.1, 0.15) is 10.9 Å². The van der Waals surface area contributed by atoms with Crippen LogP contribution >= 0.6 is 11.8 Å². The molecule has 1 aromatic heterocycles. The third kappa shape index (κ3) is 4.48. The summed E-state index contributed by atoms with van der Waals surface area (Å²) in [5, 5.41) is 6.31. The van der Waals surface area contributed by atoms with Gasteiger partial charge in [-0.1, -0.05) is 30.0 Å². The summed E-state index contributed by atoms with van der Waals surface area (Å²) in [6.45, 7) is 5.46. The SMILES string of the molecule is CC(C)NC(=O)NC(=O)[C@H](C)Sc1nc(C2CC2)nc2ccccc12. The average Bonchev–Trinajstić information content (AvgIpc) is 3.38. The van der Waals surface area contributed by atoms with Gasteiger partial charge in [0.15, 0.2) is 0 Å². The normalized spacial score (nSPS) is 15.2. The highest BCUT2D eigenvalue weighted by Crippen LogP contribution is 2.40. The maximum Gasteiger partial charge on any atom is 0.321 e. The average molecular weight is 358 g/mol. The summed E-state index contributed by atoms with van der Waals surface area (Å²) in [4.78, 5) is 33.3. The molecule has 0 aliphatic heterocycles. The van der Waals surface area contributed by atoms with Crippen LogP contribution in [0.5, 0.6) is 0 Å². The van der Waals surface area contributed by atoms with Gasteiger partial charge < -0.3 is 5.32 Å². The quantitative estimate of drug-likeness (QED) is 0.633. The van der Waals surface area contributed by atoms with Crippen molar-refractivity contribution in [1.29, 1.82) is 0 Å². The van der Waals surface area contributed by atoms with Gasteiger partial charge in [-0.2, -0.15) is 0 Å². The maximum absolute atomic E-state index is 12.3. The Bertz CT molecular complexity index is 805. The van der Waals surface area contributed by atoms with Crippen LogP contribution in [-0.2, 0) is 4.79 Å². The molecule has 7 heteroatoms. The van der Waals surface area contributed by atoms with Crippen LogP contribution in [-0.4, -0.2) is 33.2 Å². The topological polar surface area (TPSA) is 84.0 Å². The zero-order valence-corrected chi connectivity index (χ0v) is 15.4. The number of urea groups is 1. The highest BCUT2D eigenvalue weighted by atomic mass is 32.2. The zero-order valence-electron chi connectivity index (χ0n) is 14.6. The molecule has 3 amide bonds. The number of aromatic nitrogens is 2. The number of benzene rings is 1. The first-order valence-electron chi connectivity index (χ1n) is 8.48. The minimum absolute atomic E-state index is 0.0253. The number of thioether (sulfide) groups is 1. The van der Waals surface area contributed by atoms with Crippen molar-refractivity contribution < 1.29 is 9.59 Å². The number of carbonyl (C=O) groups excluding carboxylic acids is 2. The molecule has 1 atom stereocenters. The van der Waals surface area contributed by atoms with Crippen LogP contribution < -0.4 is 10.6 Å². The van der Waals surface area contributed by atoms with Crippen LogP contribution in [0.4, 0.5) is 4.79 Å². The molecule has 0 spiro atoms. The van der Waals surface area contributed by atoms with Crippen LogP contribution in [0.1, 0.15) is 45.4 Å². The summed E-state index contributed by atoms with van der Waals surface area (Å²) in [6, 6.07) is 7.32. The third-order valence-electron chi connectivity index (χ3n) is 3.84. The number of nitrogens with one attached hydrogen (secondary N) is 2. The second kappa shape index (κ2) is 7.39. The summed E-state index contributed by atoms with van der Waals surface area (Å²) in [5.41, 5.74) is 0.895. The van der Waals surface area contributed by atoms with Gasteiger partial charge in [-0.15, -0.1) is 0 Å². The van der Waals surface area contributed by atoms with Crippen molar-refractivity contribution >= 4 is 34.6 Å². The van der Waals surface area contributed by atoms with E-state index in [0.717, 1.165) is 34.6 Å². The Labute approximate surface area is 151 Å². The molecule has 1 aliphatic rings. The Hall–Kier alpha value is -2.15. The van der Waals surface area contributed by atoms with Gasteiger partial charge in [-0.25, -0.2) is 14.8 Å². The summed E-state index contributed by atoms with van der Waals surface area (Å²) in [6.07, 6.45) is 2.24. The summed E-state index contributed by atoms with van der Waals surface area (Å²) >= 11 is 1.36. The maximum atomic E-state index is 12.3. The van der Waals surface area contributed by atoms with E-state index in [4.69, 9.17) is 0 Å². The van der Waals surface area contributed by atoms with Crippen molar-refractivity contribution in [1.82, 2.24) is 20.6 Å². The van der Waals surface area contributed by atoms with Crippen molar-refractivity contribution in [3.05, 3.63) is 30.1 Å². The first kappa shape index (κ1) is 17.7. The molecule has 1 aliphatic carbocycles. The van der Waals surface area contributed by atoms with Gasteiger partial charge >= 0.3 is 6.03 Å². The van der Waals surface area contributed by atoms with Gasteiger partial charge in [0, 0.05) is 17.3 Å². The summed E-state index contributed by atoms with van der Waals surface area (Å²) < 4.78 is 0. The minimum Gasteiger partial charge on any atom is -0.336 e. The van der Waals surface area contributed by atoms with Crippen molar-refractivity contribution in [2.24, 2.45) is 0 Å². The Morgan fingerprint density at radius 2 is 1.88 bits per heavy atom. The lowest BCUT2D eigenvalue weighted by Gasteiger charge is -2.14. The van der Waals surface area contributed by atoms with Crippen molar-refractivity contribution in [2.75, 3.05) is 0 Å². The molecular weight excluding hydrogens is 336 g/mol. The highest BCUT2D eigenvalue weighted by molar-refractivity contribution is 8.00. The minimum atomic E-state index is -0.473. The van der Waals surface area contributed by atoms with Crippen LogP contribution in [0.3, 0.4) is 0 Å². The number of nitrogens with zero attached hydrogens (tertiary/aromatic N) is 2. The number of imide groups is 1. The molecule has 0 bridgehead atoms. The molecule has 6 nitrogen and oxygen atoms in total. The van der Waals surface area contributed by atoms with Crippen molar-refractivity contribution in [3.63, 3.8) is 0 Å². The molecule has 132 valence electrons. The molecule has 0 saturated heterocycles. The monoisotopic (exact) mass is 358 g/mol. The first-order valence-corrected chi connectivity index (χ1v) is 9.36. The van der Waals surface area contributed by atoms with Crippen LogP contribution in [0, 0.1) is 0 Å². The lowest BCUT2D eigenvalue weighted by atomic mass is 10.2. The lowest BCUT2D eigenvalue weighted by Crippen LogP contribution is -2.45. The van der Waals surface area contributed by atoms with Gasteiger partial charge in [0.25, 0.3) is 0 Å². The predicted molar refractivity (Wildman–Crippen MR) is 98.6 cm³/mol. The van der Waals surface area contributed by atoms with E-state index in [9.17, 15) is 9.59 Å². The fourth-order valence-corrected chi connectivity index (χ4v) is 3.36. The van der Waals surface area contributed by atoms with Gasteiger partial charge in [0.05, 0.1) is 10.8 Å². The molecule has 1 aromatic carbocycles. The van der Waals surface area contributed by atoms with Crippen LogP contribution in [0.2, 0.25) is 0 Å². The highest BCUT2D eigenvalue weighted by Gasteiger charge is 2.28. The van der Waals surface area contributed by atoms with E-state index in [0.29, 0.717) is 5.92 Å². The third-order valence-corrected chi connectivity index (χ3v) is 4.94. The molecule has 25 heavy (non-hydrogen) atoms. The molecule has 0 radical (unpaired) electrons. The van der Waals surface area contributed by atoms with E-state index in [1.165, 1.54) is 11.8 Å². The number of hydrogen-bond acceptors (Lipinski definition) is 5. The number of hydrogen-bond donors (Lipinski definition) is 2. The Morgan fingerprint density at radius 3 is 2.56 bits per heavy atom. The summed E-state index contributed by atoms with van der Waals surface area (Å²) in [7, 11) is 0. The number of fused-ring (bicyclic) bond motifs is 1. The molecule has 3 rings (SSSR count). The van der Waals surface area contributed by atoms with Crippen molar-refractivity contribution in [2.45, 2.75) is 55.8 Å². The number of amides is 3. The Balaban J connectivity index is 1.77. The lowest BCUT2D eigenvalue weighted by molar-refractivity contribution is -0.119. The fraction of sp³-hybridized carbons (Fsp3) is 0.444. The molecular formula is C18H22N4O2S. The standard InChI is InChI=1S/C18H22N4O2S/c1-10(2)19-18(24)22-16(23)11(3)25-17-13-6-4-5-7-14(13)20-15(21-17)12-8-9-12/h4-7,10-12H,8-9H2,1-3H3,(H2,19,22,23,24)/t11-/m0/s1. The molecule has 1 saturated carbocycles. The number of para-hydroxylation sites is 1. The smallest absolute Gasteiger partial charge is 0.321 e. The first-order chi connectivity index (χ1) is 11.9. The van der Waals surface area contributed by atoms with E-state index in [1.54, 1.807) is 6.92 Å². The zero-order chi connectivity index (χ0) is 18.0. The number of rotatable bonds is 5. The summed E-state index contributed by atoms with van der Waals surface area (Å²) in [5.74, 6) is 0.954. The second-order valence-corrected chi connectivity index (χ2v) is 7.89. The van der Waals surface area contributed by atoms with Crippen LogP contribution in [0.15, 0.2) is 29.3 Å². The second-order valence-electron chi connectivity index (χ2n) is 6.56. The Kier molecular flexibility index (Phi) is 5.22. The van der Waals surface area contributed by atoms with E-state index in [-0.39, 0.29) is 11.9 Å². The molecule has 2 N–H and O–H groups in total. The fourth-order valence-electron chi connectivity index (χ4n) is 2.41. The number of carbonyl (C=O) groups is 2. The predicted octanol–water partition coefficient (Wildman–Crippen LogP) is 3.22. The Morgan fingerprint density at radius 1 is 1.16 bits per heavy atom. The molecule has 1 heterocycles. The molecule has 2 aromatic rings. The van der Waals surface area contributed by atoms with E-state index >= 15 is 0 Å². The van der Waals surface area contributed by atoms with E-state index in [1.807, 2.05) is 38.1 Å². The van der Waals surface area contributed by atoms with E-state index < -0.39 is 11.3 Å². The van der Waals surface area contributed by atoms with Gasteiger partial charge in [-0.3, -0.25) is 10.1 Å². The van der Waals surface area contributed by atoms with Crippen molar-refractivity contribution in [3.8, 4) is 0 Å². The van der Waals surface area contributed by atoms with Gasteiger partial charge in [0.2, 0.25) is 5.91 Å².